The van der Waals surface area contributed by atoms with Crippen molar-refractivity contribution in [3.05, 3.63) is 58.4 Å². The second-order valence-electron chi connectivity index (χ2n) is 4.69. The molecule has 2 heterocycles. The average Bonchev–Trinajstić information content (AvgIpc) is 2.48. The molecule has 0 bridgehead atoms. The molecule has 0 radical (unpaired) electrons. The van der Waals surface area contributed by atoms with Crippen molar-refractivity contribution in [3.63, 3.8) is 0 Å². The van der Waals surface area contributed by atoms with Crippen molar-refractivity contribution in [2.75, 3.05) is 11.9 Å². The van der Waals surface area contributed by atoms with Gasteiger partial charge in [-0.3, -0.25) is 4.79 Å². The molecule has 0 fully saturated rings. The van der Waals surface area contributed by atoms with Gasteiger partial charge in [0.25, 0.3) is 5.91 Å². The molecule has 2 aromatic rings. The van der Waals surface area contributed by atoms with E-state index in [1.54, 1.807) is 12.1 Å². The number of carbonyl (C=O) groups excluding carboxylic acids is 1. The van der Waals surface area contributed by atoms with Crippen LogP contribution in [0, 0.1) is 0 Å². The van der Waals surface area contributed by atoms with Crippen LogP contribution in [0.5, 0.6) is 0 Å². The minimum atomic E-state index is -0.214. The Labute approximate surface area is 122 Å². The first kappa shape index (κ1) is 13.1. The standard InChI is InChI=1S/C15H14ClN3O/c16-11-4-5-14(18-9-11)15(20)19-13-3-1-2-10-8-17-7-6-12(10)13/h1-5,9,17H,6-8H2,(H,19,20). The minimum Gasteiger partial charge on any atom is -0.320 e. The number of benzene rings is 1. The Morgan fingerprint density at radius 2 is 2.20 bits per heavy atom. The Balaban J connectivity index is 1.84. The van der Waals surface area contributed by atoms with E-state index in [0.29, 0.717) is 10.7 Å². The molecule has 1 aromatic carbocycles. The van der Waals surface area contributed by atoms with E-state index in [-0.39, 0.29) is 5.91 Å². The van der Waals surface area contributed by atoms with Gasteiger partial charge in [0.05, 0.1) is 5.02 Å². The van der Waals surface area contributed by atoms with E-state index in [0.717, 1.165) is 25.2 Å². The largest absolute Gasteiger partial charge is 0.320 e. The van der Waals surface area contributed by atoms with Crippen LogP contribution >= 0.6 is 11.6 Å². The van der Waals surface area contributed by atoms with Crippen molar-refractivity contribution in [2.45, 2.75) is 13.0 Å². The molecule has 0 saturated carbocycles. The van der Waals surface area contributed by atoms with E-state index in [9.17, 15) is 4.79 Å². The Morgan fingerprint density at radius 3 is 3.00 bits per heavy atom. The minimum absolute atomic E-state index is 0.214. The van der Waals surface area contributed by atoms with E-state index in [1.807, 2.05) is 12.1 Å². The molecule has 0 saturated heterocycles. The van der Waals surface area contributed by atoms with Crippen molar-refractivity contribution in [1.82, 2.24) is 10.3 Å². The third-order valence-corrected chi connectivity index (χ3v) is 3.57. The third-order valence-electron chi connectivity index (χ3n) is 3.35. The molecule has 20 heavy (non-hydrogen) atoms. The summed E-state index contributed by atoms with van der Waals surface area (Å²) in [5, 5.41) is 6.77. The number of pyridine rings is 1. The van der Waals surface area contributed by atoms with E-state index in [2.05, 4.69) is 21.7 Å². The summed E-state index contributed by atoms with van der Waals surface area (Å²) >= 11 is 5.77. The molecule has 102 valence electrons. The van der Waals surface area contributed by atoms with Crippen molar-refractivity contribution in [3.8, 4) is 0 Å². The van der Waals surface area contributed by atoms with Gasteiger partial charge in [0.1, 0.15) is 5.69 Å². The zero-order chi connectivity index (χ0) is 13.9. The van der Waals surface area contributed by atoms with Crippen LogP contribution in [0.4, 0.5) is 5.69 Å². The highest BCUT2D eigenvalue weighted by atomic mass is 35.5. The van der Waals surface area contributed by atoms with Crippen LogP contribution < -0.4 is 10.6 Å². The van der Waals surface area contributed by atoms with Gasteiger partial charge < -0.3 is 10.6 Å². The van der Waals surface area contributed by atoms with Crippen molar-refractivity contribution < 1.29 is 4.79 Å². The third kappa shape index (κ3) is 2.66. The summed E-state index contributed by atoms with van der Waals surface area (Å²) in [5.74, 6) is -0.214. The van der Waals surface area contributed by atoms with Crippen molar-refractivity contribution >= 4 is 23.2 Å². The number of anilines is 1. The fraction of sp³-hybridized carbons (Fsp3) is 0.200. The number of hydrogen-bond donors (Lipinski definition) is 2. The number of rotatable bonds is 2. The fourth-order valence-corrected chi connectivity index (χ4v) is 2.46. The molecule has 4 nitrogen and oxygen atoms in total. The van der Waals surface area contributed by atoms with Gasteiger partial charge in [0.2, 0.25) is 0 Å². The van der Waals surface area contributed by atoms with Gasteiger partial charge in [0.15, 0.2) is 0 Å². The number of carbonyl (C=O) groups is 1. The highest BCUT2D eigenvalue weighted by Crippen LogP contribution is 2.23. The lowest BCUT2D eigenvalue weighted by Crippen LogP contribution is -2.25. The van der Waals surface area contributed by atoms with Gasteiger partial charge in [-0.05, 0) is 42.3 Å². The number of aromatic nitrogens is 1. The van der Waals surface area contributed by atoms with E-state index < -0.39 is 0 Å². The smallest absolute Gasteiger partial charge is 0.274 e. The average molecular weight is 288 g/mol. The number of halogens is 1. The fourth-order valence-electron chi connectivity index (χ4n) is 2.35. The normalized spacial score (nSPS) is 13.7. The molecule has 1 aromatic heterocycles. The zero-order valence-corrected chi connectivity index (χ0v) is 11.6. The lowest BCUT2D eigenvalue weighted by Gasteiger charge is -2.20. The Hall–Kier alpha value is -1.91. The maximum absolute atomic E-state index is 12.2. The second-order valence-corrected chi connectivity index (χ2v) is 5.12. The molecule has 0 unspecified atom stereocenters. The SMILES string of the molecule is O=C(Nc1cccc2c1CCNC2)c1ccc(Cl)cn1. The van der Waals surface area contributed by atoms with Gasteiger partial charge >= 0.3 is 0 Å². The first-order valence-electron chi connectivity index (χ1n) is 6.48. The first-order chi connectivity index (χ1) is 9.74. The van der Waals surface area contributed by atoms with E-state index >= 15 is 0 Å². The van der Waals surface area contributed by atoms with Crippen LogP contribution in [0.15, 0.2) is 36.5 Å². The predicted octanol–water partition coefficient (Wildman–Crippen LogP) is 2.63. The number of hydrogen-bond acceptors (Lipinski definition) is 3. The topological polar surface area (TPSA) is 54.0 Å². The highest BCUT2D eigenvalue weighted by Gasteiger charge is 2.15. The summed E-state index contributed by atoms with van der Waals surface area (Å²) in [4.78, 5) is 16.2. The number of nitrogens with one attached hydrogen (secondary N) is 2. The Morgan fingerprint density at radius 1 is 1.30 bits per heavy atom. The molecular weight excluding hydrogens is 274 g/mol. The van der Waals surface area contributed by atoms with Gasteiger partial charge in [-0.25, -0.2) is 4.98 Å². The second kappa shape index (κ2) is 5.61. The van der Waals surface area contributed by atoms with Crippen LogP contribution in [0.3, 0.4) is 0 Å². The van der Waals surface area contributed by atoms with E-state index in [4.69, 9.17) is 11.6 Å². The maximum atomic E-state index is 12.2. The molecular formula is C15H14ClN3O. The first-order valence-corrected chi connectivity index (χ1v) is 6.86. The molecule has 0 aliphatic carbocycles. The molecule has 1 amide bonds. The van der Waals surface area contributed by atoms with Crippen LogP contribution in [-0.2, 0) is 13.0 Å². The van der Waals surface area contributed by atoms with Crippen LogP contribution in [0.25, 0.3) is 0 Å². The lowest BCUT2D eigenvalue weighted by atomic mass is 9.99. The summed E-state index contributed by atoms with van der Waals surface area (Å²) in [5.41, 5.74) is 3.67. The van der Waals surface area contributed by atoms with E-state index in [1.165, 1.54) is 17.3 Å². The molecule has 1 aliphatic heterocycles. The monoisotopic (exact) mass is 287 g/mol. The summed E-state index contributed by atoms with van der Waals surface area (Å²) in [6.07, 6.45) is 2.39. The molecule has 0 atom stereocenters. The molecule has 0 spiro atoms. The van der Waals surface area contributed by atoms with Crippen molar-refractivity contribution in [2.24, 2.45) is 0 Å². The van der Waals surface area contributed by atoms with Crippen LogP contribution in [0.1, 0.15) is 21.6 Å². The molecule has 1 aliphatic rings. The van der Waals surface area contributed by atoms with Crippen LogP contribution in [-0.4, -0.2) is 17.4 Å². The number of amides is 1. The highest BCUT2D eigenvalue weighted by molar-refractivity contribution is 6.30. The molecule has 5 heteroatoms. The van der Waals surface area contributed by atoms with Gasteiger partial charge in [-0.1, -0.05) is 23.7 Å². The Bertz CT molecular complexity index is 640. The lowest BCUT2D eigenvalue weighted by molar-refractivity contribution is 0.102. The van der Waals surface area contributed by atoms with Gasteiger partial charge in [-0.15, -0.1) is 0 Å². The van der Waals surface area contributed by atoms with Gasteiger partial charge in [0, 0.05) is 18.4 Å². The quantitative estimate of drug-likeness (QED) is 0.893. The van der Waals surface area contributed by atoms with Crippen LogP contribution in [0.2, 0.25) is 5.02 Å². The number of nitrogens with zero attached hydrogens (tertiary/aromatic N) is 1. The molecule has 3 rings (SSSR count). The summed E-state index contributed by atoms with van der Waals surface area (Å²) < 4.78 is 0. The maximum Gasteiger partial charge on any atom is 0.274 e. The zero-order valence-electron chi connectivity index (χ0n) is 10.8. The van der Waals surface area contributed by atoms with Crippen molar-refractivity contribution in [1.29, 1.82) is 0 Å². The number of fused-ring (bicyclic) bond motifs is 1. The summed E-state index contributed by atoms with van der Waals surface area (Å²) in [6.45, 7) is 1.78. The Kier molecular flexibility index (Phi) is 3.67. The van der Waals surface area contributed by atoms with Gasteiger partial charge in [-0.2, -0.15) is 0 Å². The summed E-state index contributed by atoms with van der Waals surface area (Å²) in [6, 6.07) is 9.24. The molecule has 2 N–H and O–H groups in total. The summed E-state index contributed by atoms with van der Waals surface area (Å²) in [7, 11) is 0. The predicted molar refractivity (Wildman–Crippen MR) is 79.1 cm³/mol.